The van der Waals surface area contributed by atoms with Gasteiger partial charge in [-0.1, -0.05) is 24.3 Å². The van der Waals surface area contributed by atoms with E-state index >= 15 is 0 Å². The molecule has 6 rings (SSSR count). The van der Waals surface area contributed by atoms with Crippen LogP contribution in [-0.2, 0) is 16.0 Å². The van der Waals surface area contributed by atoms with Crippen LogP contribution >= 0.6 is 0 Å². The lowest BCUT2D eigenvalue weighted by atomic mass is 10.2. The van der Waals surface area contributed by atoms with Crippen molar-refractivity contribution in [1.29, 1.82) is 0 Å². The highest BCUT2D eigenvalue weighted by molar-refractivity contribution is 5.70. The van der Waals surface area contributed by atoms with Crippen LogP contribution in [0.1, 0.15) is 18.7 Å². The second kappa shape index (κ2) is 12.4. The zero-order valence-electron chi connectivity index (χ0n) is 24.7. The van der Waals surface area contributed by atoms with Crippen molar-refractivity contribution in [3.63, 3.8) is 0 Å². The van der Waals surface area contributed by atoms with Gasteiger partial charge in [-0.3, -0.25) is 0 Å². The molecule has 2 fully saturated rings. The third-order valence-electron chi connectivity index (χ3n) is 9.01. The van der Waals surface area contributed by atoms with E-state index in [1.54, 1.807) is 0 Å². The van der Waals surface area contributed by atoms with E-state index in [2.05, 4.69) is 66.1 Å². The molecule has 0 aliphatic carbocycles. The Balaban J connectivity index is 1.17. The smallest absolute Gasteiger partial charge is 0.374 e. The van der Waals surface area contributed by atoms with Crippen molar-refractivity contribution >= 4 is 22.9 Å². The van der Waals surface area contributed by atoms with Crippen molar-refractivity contribution < 1.29 is 32.2 Å². The first-order valence-electron chi connectivity index (χ1n) is 15.2. The number of quaternary nitrogens is 2. The highest BCUT2D eigenvalue weighted by atomic mass is 16.5. The Hall–Kier alpha value is -3.17. The van der Waals surface area contributed by atoms with Gasteiger partial charge in [0.2, 0.25) is 11.5 Å². The molecule has 1 aromatic heterocycles. The number of rotatable bonds is 10. The van der Waals surface area contributed by atoms with Crippen molar-refractivity contribution in [2.24, 2.45) is 0 Å². The number of aryl methyl sites for hydroxylation is 1. The van der Waals surface area contributed by atoms with Crippen LogP contribution < -0.4 is 14.2 Å². The molecule has 8 nitrogen and oxygen atoms in total. The molecule has 3 aliphatic rings. The lowest BCUT2D eigenvalue weighted by molar-refractivity contribution is -0.918. The number of oxazole rings is 1. The summed E-state index contributed by atoms with van der Waals surface area (Å²) in [6.07, 6.45) is 8.38. The quantitative estimate of drug-likeness (QED) is 0.274. The van der Waals surface area contributed by atoms with Crippen molar-refractivity contribution in [2.45, 2.75) is 19.4 Å². The molecule has 0 atom stereocenters. The van der Waals surface area contributed by atoms with E-state index < -0.39 is 0 Å². The van der Waals surface area contributed by atoms with E-state index in [1.807, 2.05) is 24.3 Å². The number of aromatic nitrogens is 1. The number of ether oxygens (including phenoxy) is 3. The molecule has 0 amide bonds. The average molecular weight is 562 g/mol. The van der Waals surface area contributed by atoms with Gasteiger partial charge in [0.25, 0.3) is 5.52 Å². The average Bonchev–Trinajstić information content (AvgIpc) is 3.51. The summed E-state index contributed by atoms with van der Waals surface area (Å²) in [6.45, 7) is 11.9. The highest BCUT2D eigenvalue weighted by Gasteiger charge is 2.29. The number of hydrogen-bond acceptors (Lipinski definition) is 5. The Morgan fingerprint density at radius 1 is 0.829 bits per heavy atom. The maximum atomic E-state index is 6.32. The Kier molecular flexibility index (Phi) is 8.44. The van der Waals surface area contributed by atoms with E-state index in [0.717, 1.165) is 135 Å². The van der Waals surface area contributed by atoms with Crippen LogP contribution in [0.25, 0.3) is 17.2 Å². The molecule has 0 N–H and O–H groups in total. The molecule has 2 aromatic carbocycles. The minimum absolute atomic E-state index is 0.858. The molecule has 0 saturated carbocycles. The first-order valence-corrected chi connectivity index (χ1v) is 15.2. The molecular weight excluding hydrogens is 516 g/mol. The summed E-state index contributed by atoms with van der Waals surface area (Å²) in [6, 6.07) is 16.6. The lowest BCUT2D eigenvalue weighted by Gasteiger charge is -2.38. The maximum Gasteiger partial charge on any atom is 0.374 e. The fourth-order valence-electron chi connectivity index (χ4n) is 6.26. The van der Waals surface area contributed by atoms with Gasteiger partial charge in [0.1, 0.15) is 26.2 Å². The van der Waals surface area contributed by atoms with E-state index in [9.17, 15) is 0 Å². The second-order valence-electron chi connectivity index (χ2n) is 12.2. The van der Waals surface area contributed by atoms with Crippen LogP contribution in [0.2, 0.25) is 0 Å². The topological polar surface area (TPSA) is 48.0 Å². The predicted molar refractivity (Wildman–Crippen MR) is 160 cm³/mol. The first kappa shape index (κ1) is 28.0. The van der Waals surface area contributed by atoms with Crippen LogP contribution in [0.5, 0.6) is 5.75 Å². The van der Waals surface area contributed by atoms with E-state index in [-0.39, 0.29) is 0 Å². The van der Waals surface area contributed by atoms with Gasteiger partial charge in [-0.2, -0.15) is 4.57 Å². The van der Waals surface area contributed by atoms with Crippen LogP contribution in [0.4, 0.5) is 5.69 Å². The number of fused-ring (bicyclic) bond motifs is 2. The van der Waals surface area contributed by atoms with Gasteiger partial charge in [0.05, 0.1) is 71.8 Å². The Labute approximate surface area is 243 Å². The number of benzene rings is 2. The Morgan fingerprint density at radius 3 is 2.24 bits per heavy atom. The number of anilines is 1. The minimum atomic E-state index is 0.858. The zero-order chi connectivity index (χ0) is 28.1. The molecule has 0 radical (unpaired) electrons. The molecule has 41 heavy (non-hydrogen) atoms. The summed E-state index contributed by atoms with van der Waals surface area (Å²) in [5.41, 5.74) is 3.18. The van der Waals surface area contributed by atoms with Crippen LogP contribution in [0, 0.1) is 0 Å². The molecule has 0 unspecified atom stereocenters. The van der Waals surface area contributed by atoms with Crippen LogP contribution in [0.15, 0.2) is 71.0 Å². The Morgan fingerprint density at radius 2 is 1.49 bits per heavy atom. The molecule has 3 aliphatic heterocycles. The number of allylic oxidation sites excluding steroid dienone is 2. The summed E-state index contributed by atoms with van der Waals surface area (Å²) < 4.78 is 28.3. The Bertz CT molecular complexity index is 1380. The van der Waals surface area contributed by atoms with Crippen molar-refractivity contribution in [2.75, 3.05) is 91.2 Å². The highest BCUT2D eigenvalue weighted by Crippen LogP contribution is 2.38. The fraction of sp³-hybridized carbons (Fsp3) is 0.485. The monoisotopic (exact) mass is 561 g/mol. The number of hydrogen-bond donors (Lipinski definition) is 0. The SMILES string of the molecule is C[N+]1(CCCN2/C(=C\C=C\c3oc4ccccc4[n+]3CCC[N+]3(C)CCOCC3)Oc3ccccc32)CCOCC1. The zero-order valence-corrected chi connectivity index (χ0v) is 24.7. The first-order chi connectivity index (χ1) is 20.0. The van der Waals surface area contributed by atoms with Gasteiger partial charge >= 0.3 is 5.89 Å². The van der Waals surface area contributed by atoms with E-state index in [1.165, 1.54) is 0 Å². The lowest BCUT2D eigenvalue weighted by Crippen LogP contribution is -2.53. The third kappa shape index (κ3) is 6.51. The molecule has 8 heteroatoms. The van der Waals surface area contributed by atoms with Crippen LogP contribution in [-0.4, -0.2) is 95.3 Å². The normalized spacial score (nSPS) is 21.0. The van der Waals surface area contributed by atoms with Crippen molar-refractivity contribution in [3.05, 3.63) is 72.5 Å². The van der Waals surface area contributed by atoms with Gasteiger partial charge < -0.3 is 32.5 Å². The largest absolute Gasteiger partial charge is 0.439 e. The van der Waals surface area contributed by atoms with Crippen molar-refractivity contribution in [3.8, 4) is 5.75 Å². The van der Waals surface area contributed by atoms with E-state index in [0.29, 0.717) is 0 Å². The molecule has 0 spiro atoms. The second-order valence-corrected chi connectivity index (χ2v) is 12.2. The van der Waals surface area contributed by atoms with Gasteiger partial charge in [-0.15, -0.1) is 0 Å². The van der Waals surface area contributed by atoms with Gasteiger partial charge in [-0.25, -0.2) is 0 Å². The number of para-hydroxylation sites is 4. The van der Waals surface area contributed by atoms with Crippen molar-refractivity contribution in [1.82, 2.24) is 0 Å². The summed E-state index contributed by atoms with van der Waals surface area (Å²) in [5.74, 6) is 2.64. The summed E-state index contributed by atoms with van der Waals surface area (Å²) in [7, 11) is 4.70. The van der Waals surface area contributed by atoms with E-state index in [4.69, 9.17) is 18.6 Å². The summed E-state index contributed by atoms with van der Waals surface area (Å²) in [5, 5.41) is 0. The number of morpholine rings is 2. The minimum Gasteiger partial charge on any atom is -0.439 e. The molecule has 2 saturated heterocycles. The summed E-state index contributed by atoms with van der Waals surface area (Å²) >= 11 is 0. The molecular formula is C33H45N4O4+3. The number of likely N-dealkylation sites (N-methyl/N-ethyl adjacent to an activating group) is 2. The molecule has 3 aromatic rings. The summed E-state index contributed by atoms with van der Waals surface area (Å²) in [4.78, 5) is 2.31. The molecule has 4 heterocycles. The molecule has 0 bridgehead atoms. The van der Waals surface area contributed by atoms with Gasteiger partial charge in [0.15, 0.2) is 12.3 Å². The maximum absolute atomic E-state index is 6.32. The fourth-order valence-corrected chi connectivity index (χ4v) is 6.26. The third-order valence-corrected chi connectivity index (χ3v) is 9.01. The van der Waals surface area contributed by atoms with Gasteiger partial charge in [-0.05, 0) is 30.4 Å². The van der Waals surface area contributed by atoms with Crippen LogP contribution in [0.3, 0.4) is 0 Å². The standard InChI is InChI=1S/C33H45N4O4/c1-36(20-24-38-25-21-36)18-8-16-34-28-10-3-5-12-30(28)40-32(34)14-7-15-33-35(29-11-4-6-13-31(29)41-33)17-9-19-37(2)22-26-39-27-23-37/h3-7,10-15H,8-9,16-27H2,1-2H3/q+3. The van der Waals surface area contributed by atoms with Gasteiger partial charge in [0, 0.05) is 19.0 Å². The number of nitrogens with zero attached hydrogens (tertiary/aromatic N) is 4. The predicted octanol–water partition coefficient (Wildman–Crippen LogP) is 4.21. The molecule has 218 valence electrons.